The lowest BCUT2D eigenvalue weighted by Crippen LogP contribution is -2.29. The summed E-state index contributed by atoms with van der Waals surface area (Å²) < 4.78 is 5.35. The van der Waals surface area contributed by atoms with Gasteiger partial charge in [-0.15, -0.1) is 23.1 Å². The highest BCUT2D eigenvalue weighted by Crippen LogP contribution is 2.38. The molecule has 7 heteroatoms. The number of carbonyl (C=O) groups excluding carboxylic acids is 2. The maximum Gasteiger partial charge on any atom is 0.341 e. The highest BCUT2D eigenvalue weighted by molar-refractivity contribution is 7.99. The summed E-state index contributed by atoms with van der Waals surface area (Å²) >= 11 is 3.22. The number of amides is 1. The van der Waals surface area contributed by atoms with Gasteiger partial charge in [0.05, 0.1) is 12.2 Å². The predicted molar refractivity (Wildman–Crippen MR) is 135 cm³/mol. The number of hydrogen-bond donors (Lipinski definition) is 1. The van der Waals surface area contributed by atoms with Gasteiger partial charge < -0.3 is 10.1 Å². The molecule has 3 aromatic rings. The number of carbonyl (C=O) groups is 2. The highest BCUT2D eigenvalue weighted by Gasteiger charge is 2.29. The number of ether oxygens (including phenoxy) is 1. The molecule has 1 N–H and O–H groups in total. The molecule has 33 heavy (non-hydrogen) atoms. The smallest absolute Gasteiger partial charge is 0.341 e. The molecule has 1 aromatic heterocycles. The fourth-order valence-corrected chi connectivity index (χ4v) is 5.92. The molecule has 1 aliphatic rings. The van der Waals surface area contributed by atoms with Crippen LogP contribution in [-0.2, 0) is 24.2 Å². The standard InChI is InChI=1S/C26H28N2O3S2/c1-3-31-26(30)23-21-14-15-28(16-18-8-6-5-7-9-18)17-22(21)33-25(23)27-24(29)19-10-12-20(13-11-19)32-4-2/h5-13H,3-4,14-17H2,1-2H3,(H,27,29). The Balaban J connectivity index is 1.56. The van der Waals surface area contributed by atoms with E-state index in [9.17, 15) is 9.59 Å². The average Bonchev–Trinajstić information content (AvgIpc) is 3.17. The van der Waals surface area contributed by atoms with E-state index in [-0.39, 0.29) is 11.9 Å². The van der Waals surface area contributed by atoms with E-state index in [2.05, 4.69) is 41.4 Å². The number of benzene rings is 2. The summed E-state index contributed by atoms with van der Waals surface area (Å²) in [6.45, 7) is 6.66. The number of esters is 1. The zero-order valence-corrected chi connectivity index (χ0v) is 20.6. The maximum atomic E-state index is 13.0. The number of hydrogen-bond acceptors (Lipinski definition) is 6. The molecule has 0 spiro atoms. The van der Waals surface area contributed by atoms with Gasteiger partial charge in [-0.3, -0.25) is 9.69 Å². The molecule has 172 valence electrons. The quantitative estimate of drug-likeness (QED) is 0.324. The SMILES string of the molecule is CCOC(=O)c1c(NC(=O)c2ccc(SCC)cc2)sc2c1CCN(Cc1ccccc1)C2. The number of fused-ring (bicyclic) bond motifs is 1. The third-order valence-electron chi connectivity index (χ3n) is 5.52. The van der Waals surface area contributed by atoms with Crippen molar-refractivity contribution in [3.8, 4) is 0 Å². The van der Waals surface area contributed by atoms with E-state index in [1.165, 1.54) is 16.9 Å². The van der Waals surface area contributed by atoms with Crippen molar-refractivity contribution in [2.75, 3.05) is 24.2 Å². The minimum absolute atomic E-state index is 0.215. The lowest BCUT2D eigenvalue weighted by Gasteiger charge is -2.27. The highest BCUT2D eigenvalue weighted by atomic mass is 32.2. The van der Waals surface area contributed by atoms with E-state index < -0.39 is 0 Å². The van der Waals surface area contributed by atoms with Crippen LogP contribution in [0.5, 0.6) is 0 Å². The summed E-state index contributed by atoms with van der Waals surface area (Å²) in [6, 6.07) is 17.9. The Hall–Kier alpha value is -2.61. The van der Waals surface area contributed by atoms with Gasteiger partial charge in [0.15, 0.2) is 0 Å². The lowest BCUT2D eigenvalue weighted by molar-refractivity contribution is 0.0526. The fraction of sp³-hybridized carbons (Fsp3) is 0.308. The molecular formula is C26H28N2O3S2. The van der Waals surface area contributed by atoms with Crippen molar-refractivity contribution in [1.29, 1.82) is 0 Å². The van der Waals surface area contributed by atoms with Crippen molar-refractivity contribution < 1.29 is 14.3 Å². The minimum Gasteiger partial charge on any atom is -0.462 e. The molecule has 0 saturated heterocycles. The maximum absolute atomic E-state index is 13.0. The van der Waals surface area contributed by atoms with Crippen LogP contribution in [0, 0.1) is 0 Å². The van der Waals surface area contributed by atoms with Crippen LogP contribution in [0.1, 0.15) is 50.6 Å². The first kappa shape index (κ1) is 23.5. The number of thioether (sulfide) groups is 1. The van der Waals surface area contributed by atoms with Crippen molar-refractivity contribution in [1.82, 2.24) is 4.90 Å². The molecule has 0 fully saturated rings. The van der Waals surface area contributed by atoms with Gasteiger partial charge in [0, 0.05) is 35.0 Å². The number of nitrogens with one attached hydrogen (secondary N) is 1. The Morgan fingerprint density at radius 1 is 1.09 bits per heavy atom. The topological polar surface area (TPSA) is 58.6 Å². The predicted octanol–water partition coefficient (Wildman–Crippen LogP) is 5.85. The summed E-state index contributed by atoms with van der Waals surface area (Å²) in [5, 5.41) is 3.57. The van der Waals surface area contributed by atoms with Crippen LogP contribution in [0.3, 0.4) is 0 Å². The third-order valence-corrected chi connectivity index (χ3v) is 7.55. The van der Waals surface area contributed by atoms with Crippen molar-refractivity contribution in [2.24, 2.45) is 0 Å². The monoisotopic (exact) mass is 480 g/mol. The third kappa shape index (κ3) is 5.66. The summed E-state index contributed by atoms with van der Waals surface area (Å²) in [5.74, 6) is 0.404. The first-order chi connectivity index (χ1) is 16.1. The van der Waals surface area contributed by atoms with Crippen LogP contribution in [0.4, 0.5) is 5.00 Å². The molecule has 2 aromatic carbocycles. The molecule has 0 bridgehead atoms. The molecule has 1 aliphatic heterocycles. The van der Waals surface area contributed by atoms with Gasteiger partial charge >= 0.3 is 5.97 Å². The molecule has 0 saturated carbocycles. The number of thiophene rings is 1. The summed E-state index contributed by atoms with van der Waals surface area (Å²) in [6.07, 6.45) is 0.756. The largest absolute Gasteiger partial charge is 0.462 e. The van der Waals surface area contributed by atoms with E-state index in [0.717, 1.165) is 47.1 Å². The van der Waals surface area contributed by atoms with E-state index >= 15 is 0 Å². The Morgan fingerprint density at radius 2 is 1.85 bits per heavy atom. The van der Waals surface area contributed by atoms with Crippen LogP contribution in [-0.4, -0.2) is 35.7 Å². The van der Waals surface area contributed by atoms with Crippen LogP contribution >= 0.6 is 23.1 Å². The Kier molecular flexibility index (Phi) is 7.85. The van der Waals surface area contributed by atoms with Crippen LogP contribution in [0.25, 0.3) is 0 Å². The van der Waals surface area contributed by atoms with Gasteiger partial charge in [0.25, 0.3) is 5.91 Å². The van der Waals surface area contributed by atoms with Crippen LogP contribution in [0.15, 0.2) is 59.5 Å². The zero-order valence-electron chi connectivity index (χ0n) is 18.9. The molecule has 0 aliphatic carbocycles. The van der Waals surface area contributed by atoms with E-state index in [4.69, 9.17) is 4.74 Å². The second-order valence-corrected chi connectivity index (χ2v) is 10.2. The molecule has 1 amide bonds. The van der Waals surface area contributed by atoms with Gasteiger partial charge in [-0.05, 0) is 54.5 Å². The Bertz CT molecular complexity index is 1110. The second kappa shape index (κ2) is 11.0. The van der Waals surface area contributed by atoms with Gasteiger partial charge in [-0.2, -0.15) is 0 Å². The van der Waals surface area contributed by atoms with Gasteiger partial charge in [0.1, 0.15) is 5.00 Å². The molecule has 2 heterocycles. The lowest BCUT2D eigenvalue weighted by atomic mass is 10.0. The molecule has 4 rings (SSSR count). The van der Waals surface area contributed by atoms with E-state index in [1.807, 2.05) is 30.3 Å². The first-order valence-electron chi connectivity index (χ1n) is 11.2. The molecule has 0 atom stereocenters. The van der Waals surface area contributed by atoms with Gasteiger partial charge in [-0.25, -0.2) is 4.79 Å². The van der Waals surface area contributed by atoms with Crippen molar-refractivity contribution in [2.45, 2.75) is 38.3 Å². The van der Waals surface area contributed by atoms with Crippen LogP contribution < -0.4 is 5.32 Å². The molecule has 0 unspecified atom stereocenters. The van der Waals surface area contributed by atoms with Crippen molar-refractivity contribution in [3.05, 3.63) is 81.7 Å². The minimum atomic E-state index is -0.364. The van der Waals surface area contributed by atoms with Crippen LogP contribution in [0.2, 0.25) is 0 Å². The molecule has 0 radical (unpaired) electrons. The Morgan fingerprint density at radius 3 is 2.55 bits per heavy atom. The van der Waals surface area contributed by atoms with E-state index in [0.29, 0.717) is 22.7 Å². The van der Waals surface area contributed by atoms with Gasteiger partial charge in [-0.1, -0.05) is 37.3 Å². The first-order valence-corrected chi connectivity index (χ1v) is 13.0. The summed E-state index contributed by atoms with van der Waals surface area (Å²) in [4.78, 5) is 30.4. The number of anilines is 1. The van der Waals surface area contributed by atoms with Crippen molar-refractivity contribution in [3.63, 3.8) is 0 Å². The molecule has 5 nitrogen and oxygen atoms in total. The molecular weight excluding hydrogens is 452 g/mol. The number of nitrogens with zero attached hydrogens (tertiary/aromatic N) is 1. The average molecular weight is 481 g/mol. The number of rotatable bonds is 8. The van der Waals surface area contributed by atoms with E-state index in [1.54, 1.807) is 18.7 Å². The zero-order chi connectivity index (χ0) is 23.2. The normalized spacial score (nSPS) is 13.4. The second-order valence-electron chi connectivity index (χ2n) is 7.79. The fourth-order valence-electron chi connectivity index (χ4n) is 3.98. The van der Waals surface area contributed by atoms with Gasteiger partial charge in [0.2, 0.25) is 0 Å². The summed E-state index contributed by atoms with van der Waals surface area (Å²) in [7, 11) is 0. The Labute approximate surface area is 203 Å². The van der Waals surface area contributed by atoms with Crippen molar-refractivity contribution >= 4 is 40.0 Å². The summed E-state index contributed by atoms with van der Waals surface area (Å²) in [5.41, 5.74) is 3.36.